The van der Waals surface area contributed by atoms with Crippen LogP contribution >= 0.6 is 0 Å². The van der Waals surface area contributed by atoms with Crippen molar-refractivity contribution in [3.8, 4) is 0 Å². The molecule has 0 fully saturated rings. The number of rotatable bonds is 2. The van der Waals surface area contributed by atoms with E-state index in [1.807, 2.05) is 0 Å². The Kier molecular flexibility index (Phi) is 2.53. The topological polar surface area (TPSA) is 0 Å². The summed E-state index contributed by atoms with van der Waals surface area (Å²) in [6.45, 7) is 8.88. The van der Waals surface area contributed by atoms with Gasteiger partial charge in [0.1, 0.15) is 0 Å². The molecule has 1 aliphatic carbocycles. The molecule has 0 atom stereocenters. The molecule has 0 aliphatic heterocycles. The van der Waals surface area contributed by atoms with Crippen molar-refractivity contribution in [2.75, 3.05) is 0 Å². The first-order valence-corrected chi connectivity index (χ1v) is 4.39. The molecule has 0 unspecified atom stereocenters. The van der Waals surface area contributed by atoms with E-state index in [1.165, 1.54) is 29.9 Å². The summed E-state index contributed by atoms with van der Waals surface area (Å²) in [6, 6.07) is 0. The normalized spacial score (nSPS) is 19.5. The van der Waals surface area contributed by atoms with Crippen LogP contribution in [0.5, 0.6) is 0 Å². The van der Waals surface area contributed by atoms with Crippen LogP contribution in [0.3, 0.4) is 0 Å². The zero-order valence-electron chi connectivity index (χ0n) is 7.99. The Labute approximate surface area is 70.0 Å². The highest BCUT2D eigenvalue weighted by molar-refractivity contribution is 5.52. The Balaban J connectivity index is 2.79. The van der Waals surface area contributed by atoms with E-state index in [-0.39, 0.29) is 0 Å². The van der Waals surface area contributed by atoms with Gasteiger partial charge in [-0.2, -0.15) is 0 Å². The van der Waals surface area contributed by atoms with Crippen molar-refractivity contribution in [3.05, 3.63) is 28.7 Å². The lowest BCUT2D eigenvalue weighted by molar-refractivity contribution is 0.887. The highest BCUT2D eigenvalue weighted by Gasteiger charge is 2.16. The first-order chi connectivity index (χ1) is 5.16. The first kappa shape index (κ1) is 8.58. The Hall–Kier alpha value is -0.520. The van der Waals surface area contributed by atoms with Crippen LogP contribution in [0.25, 0.3) is 0 Å². The van der Waals surface area contributed by atoms with Crippen LogP contribution in [-0.4, -0.2) is 0 Å². The fourth-order valence-corrected chi connectivity index (χ4v) is 1.69. The molecular weight excluding hydrogens is 132 g/mol. The maximum absolute atomic E-state index is 2.29. The summed E-state index contributed by atoms with van der Waals surface area (Å²) in [7, 11) is 0. The smallest absolute Gasteiger partial charge is 0.0200 e. The third-order valence-corrected chi connectivity index (χ3v) is 2.45. The Morgan fingerprint density at radius 2 is 1.82 bits per heavy atom. The molecule has 0 saturated carbocycles. The summed E-state index contributed by atoms with van der Waals surface area (Å²) >= 11 is 0. The average Bonchev–Trinajstić information content (AvgIpc) is 2.17. The molecule has 0 saturated heterocycles. The van der Waals surface area contributed by atoms with Crippen molar-refractivity contribution < 1.29 is 0 Å². The highest BCUT2D eigenvalue weighted by Crippen LogP contribution is 2.34. The lowest BCUT2D eigenvalue weighted by Crippen LogP contribution is -1.90. The quantitative estimate of drug-likeness (QED) is 0.562. The summed E-state index contributed by atoms with van der Waals surface area (Å²) in [5.74, 6) is 1.47. The molecule has 1 aliphatic rings. The predicted molar refractivity (Wildman–Crippen MR) is 50.3 cm³/mol. The zero-order chi connectivity index (χ0) is 8.43. The lowest BCUT2D eigenvalue weighted by Gasteiger charge is -2.07. The molecule has 61 valence electrons. The number of allylic oxidation sites excluding steroid dienone is 4. The van der Waals surface area contributed by atoms with Gasteiger partial charge in [-0.3, -0.25) is 0 Å². The van der Waals surface area contributed by atoms with Gasteiger partial charge in [0.05, 0.1) is 0 Å². The van der Waals surface area contributed by atoms with Gasteiger partial charge in [-0.15, -0.1) is 0 Å². The molecule has 1 radical (unpaired) electrons. The van der Waals surface area contributed by atoms with E-state index in [9.17, 15) is 0 Å². The van der Waals surface area contributed by atoms with E-state index in [1.54, 1.807) is 5.57 Å². The average molecular weight is 149 g/mol. The summed E-state index contributed by atoms with van der Waals surface area (Å²) < 4.78 is 0. The number of hydrogen-bond donors (Lipinski definition) is 0. The first-order valence-electron chi connectivity index (χ1n) is 4.39. The molecular formula is C11H17. The molecule has 0 N–H and O–H groups in total. The van der Waals surface area contributed by atoms with Crippen molar-refractivity contribution in [2.24, 2.45) is 0 Å². The van der Waals surface area contributed by atoms with Crippen molar-refractivity contribution in [3.63, 3.8) is 0 Å². The molecule has 0 aromatic rings. The Morgan fingerprint density at radius 1 is 1.18 bits per heavy atom. The van der Waals surface area contributed by atoms with E-state index < -0.39 is 0 Å². The van der Waals surface area contributed by atoms with E-state index in [0.29, 0.717) is 0 Å². The molecule has 1 rings (SSSR count). The van der Waals surface area contributed by atoms with Crippen LogP contribution in [0, 0.1) is 5.92 Å². The zero-order valence-corrected chi connectivity index (χ0v) is 7.99. The van der Waals surface area contributed by atoms with Crippen molar-refractivity contribution in [1.82, 2.24) is 0 Å². The minimum atomic E-state index is 1.24. The summed E-state index contributed by atoms with van der Waals surface area (Å²) in [4.78, 5) is 0. The van der Waals surface area contributed by atoms with E-state index in [2.05, 4.69) is 33.8 Å². The van der Waals surface area contributed by atoms with Crippen LogP contribution in [0.2, 0.25) is 0 Å². The number of hydrogen-bond acceptors (Lipinski definition) is 0. The SMILES string of the molecule is CCCC1=C(C)C(C)=C[C]1C. The fourth-order valence-electron chi connectivity index (χ4n) is 1.69. The Bertz CT molecular complexity index is 206. The van der Waals surface area contributed by atoms with E-state index >= 15 is 0 Å². The maximum atomic E-state index is 2.29. The minimum absolute atomic E-state index is 1.24. The van der Waals surface area contributed by atoms with Gasteiger partial charge in [0.2, 0.25) is 0 Å². The monoisotopic (exact) mass is 149 g/mol. The van der Waals surface area contributed by atoms with E-state index in [4.69, 9.17) is 0 Å². The van der Waals surface area contributed by atoms with Gasteiger partial charge >= 0.3 is 0 Å². The third kappa shape index (κ3) is 1.55. The largest absolute Gasteiger partial charge is 0.0701 e. The fraction of sp³-hybridized carbons (Fsp3) is 0.545. The minimum Gasteiger partial charge on any atom is -0.0701 e. The van der Waals surface area contributed by atoms with E-state index in [0.717, 1.165) is 0 Å². The van der Waals surface area contributed by atoms with Gasteiger partial charge in [-0.1, -0.05) is 37.5 Å². The van der Waals surface area contributed by atoms with Gasteiger partial charge < -0.3 is 0 Å². The Morgan fingerprint density at radius 3 is 2.18 bits per heavy atom. The van der Waals surface area contributed by atoms with Gasteiger partial charge in [-0.25, -0.2) is 0 Å². The molecule has 0 spiro atoms. The molecule has 0 bridgehead atoms. The standard InChI is InChI=1S/C11H17/c1-5-6-11-9(3)7-8(2)10(11)4/h7H,5-6H2,1-4H3. The predicted octanol–water partition coefficient (Wildman–Crippen LogP) is 3.66. The van der Waals surface area contributed by atoms with Crippen LogP contribution in [0.1, 0.15) is 40.5 Å². The van der Waals surface area contributed by atoms with Crippen molar-refractivity contribution in [1.29, 1.82) is 0 Å². The summed E-state index contributed by atoms with van der Waals surface area (Å²) in [5, 5.41) is 0. The summed E-state index contributed by atoms with van der Waals surface area (Å²) in [6.07, 6.45) is 4.79. The highest BCUT2D eigenvalue weighted by atomic mass is 14.2. The second-order valence-corrected chi connectivity index (χ2v) is 3.36. The van der Waals surface area contributed by atoms with Crippen molar-refractivity contribution in [2.45, 2.75) is 40.5 Å². The van der Waals surface area contributed by atoms with Crippen LogP contribution in [0.15, 0.2) is 22.8 Å². The third-order valence-electron chi connectivity index (χ3n) is 2.45. The van der Waals surface area contributed by atoms with Gasteiger partial charge in [0, 0.05) is 5.92 Å². The second kappa shape index (κ2) is 3.25. The lowest BCUT2D eigenvalue weighted by atomic mass is 9.98. The van der Waals surface area contributed by atoms with Gasteiger partial charge in [-0.05, 0) is 25.8 Å². The molecule has 0 nitrogen and oxygen atoms in total. The molecule has 0 aromatic heterocycles. The van der Waals surface area contributed by atoms with Crippen LogP contribution in [0.4, 0.5) is 0 Å². The molecule has 0 heterocycles. The molecule has 0 aromatic carbocycles. The van der Waals surface area contributed by atoms with Crippen LogP contribution < -0.4 is 0 Å². The van der Waals surface area contributed by atoms with Gasteiger partial charge in [0.25, 0.3) is 0 Å². The summed E-state index contributed by atoms with van der Waals surface area (Å²) in [5.41, 5.74) is 4.53. The maximum Gasteiger partial charge on any atom is 0.0200 e. The van der Waals surface area contributed by atoms with Gasteiger partial charge in [0.15, 0.2) is 0 Å². The molecule has 0 heteroatoms. The molecule has 11 heavy (non-hydrogen) atoms. The van der Waals surface area contributed by atoms with Crippen molar-refractivity contribution >= 4 is 0 Å². The second-order valence-electron chi connectivity index (χ2n) is 3.36. The molecule has 0 amide bonds. The van der Waals surface area contributed by atoms with Crippen LogP contribution in [-0.2, 0) is 0 Å².